The Morgan fingerprint density at radius 2 is 2.00 bits per heavy atom. The molecule has 0 bridgehead atoms. The number of phenolic OH excluding ortho intramolecular Hbond substituents is 1. The fraction of sp³-hybridized carbons (Fsp3) is 0.105. The molecule has 4 rings (SSSR count). The third-order valence-corrected chi connectivity index (χ3v) is 4.65. The average molecular weight is 347 g/mol. The Morgan fingerprint density at radius 1 is 1.23 bits per heavy atom. The van der Waals surface area contributed by atoms with E-state index in [4.69, 9.17) is 11.5 Å². The lowest BCUT2D eigenvalue weighted by atomic mass is 10.1. The van der Waals surface area contributed by atoms with E-state index in [1.54, 1.807) is 42.1 Å². The number of primary amides is 1. The van der Waals surface area contributed by atoms with Gasteiger partial charge in [0, 0.05) is 28.7 Å². The van der Waals surface area contributed by atoms with E-state index in [1.165, 1.54) is 0 Å². The number of nitrogens with two attached hydrogens (primary N) is 2. The molecule has 1 amide bonds. The first-order valence-electron chi connectivity index (χ1n) is 8.04. The van der Waals surface area contributed by atoms with Crippen LogP contribution in [0.1, 0.15) is 21.5 Å². The summed E-state index contributed by atoms with van der Waals surface area (Å²) in [7, 11) is 0. The lowest BCUT2D eigenvalue weighted by Gasteiger charge is -2.15. The van der Waals surface area contributed by atoms with Gasteiger partial charge in [-0.25, -0.2) is 4.98 Å². The molecule has 0 fully saturated rings. The molecule has 0 saturated heterocycles. The molecule has 0 spiro atoms. The number of fused-ring (bicyclic) bond motifs is 2. The Bertz CT molecular complexity index is 1210. The van der Waals surface area contributed by atoms with Crippen LogP contribution in [0.15, 0.2) is 36.7 Å². The van der Waals surface area contributed by atoms with Crippen LogP contribution in [-0.2, 0) is 0 Å². The summed E-state index contributed by atoms with van der Waals surface area (Å²) in [6, 6.07) is 7.01. The minimum Gasteiger partial charge on any atom is -0.508 e. The number of carbonyl (C=O) groups is 1. The lowest BCUT2D eigenvalue weighted by molar-refractivity contribution is 0.100. The predicted molar refractivity (Wildman–Crippen MR) is 100 cm³/mol. The van der Waals surface area contributed by atoms with Crippen molar-refractivity contribution in [3.05, 3.63) is 53.3 Å². The fourth-order valence-electron chi connectivity index (χ4n) is 3.38. The number of benzene rings is 1. The highest BCUT2D eigenvalue weighted by molar-refractivity contribution is 6.12. The highest BCUT2D eigenvalue weighted by Gasteiger charge is 2.24. The zero-order valence-corrected chi connectivity index (χ0v) is 14.3. The molecule has 0 unspecified atom stereocenters. The molecule has 0 aliphatic carbocycles. The number of hydrogen-bond donors (Lipinski definition) is 3. The number of phenols is 1. The second-order valence-electron chi connectivity index (χ2n) is 6.26. The molecule has 3 aromatic heterocycles. The fourth-order valence-corrected chi connectivity index (χ4v) is 3.38. The van der Waals surface area contributed by atoms with Gasteiger partial charge in [0.1, 0.15) is 17.2 Å². The van der Waals surface area contributed by atoms with E-state index in [0.717, 1.165) is 16.5 Å². The van der Waals surface area contributed by atoms with E-state index in [1.807, 2.05) is 13.0 Å². The van der Waals surface area contributed by atoms with E-state index in [0.29, 0.717) is 22.3 Å². The monoisotopic (exact) mass is 347 g/mol. The summed E-state index contributed by atoms with van der Waals surface area (Å²) < 4.78 is 1.68. The number of aromatic nitrogens is 3. The molecule has 7 nitrogen and oxygen atoms in total. The molecular weight excluding hydrogens is 330 g/mol. The van der Waals surface area contributed by atoms with Crippen molar-refractivity contribution in [2.45, 2.75) is 13.8 Å². The summed E-state index contributed by atoms with van der Waals surface area (Å²) >= 11 is 0. The maximum absolute atomic E-state index is 12.1. The lowest BCUT2D eigenvalue weighted by Crippen LogP contribution is -2.14. The molecule has 0 atom stereocenters. The van der Waals surface area contributed by atoms with Crippen molar-refractivity contribution in [1.29, 1.82) is 0 Å². The first-order valence-corrected chi connectivity index (χ1v) is 8.04. The van der Waals surface area contributed by atoms with Crippen LogP contribution in [0.25, 0.3) is 27.6 Å². The van der Waals surface area contributed by atoms with Crippen LogP contribution in [-0.4, -0.2) is 25.5 Å². The summed E-state index contributed by atoms with van der Waals surface area (Å²) in [6.07, 6.45) is 3.32. The number of hydrogen-bond acceptors (Lipinski definition) is 5. The molecule has 0 aliphatic heterocycles. The number of carbonyl (C=O) groups excluding carboxylic acids is 1. The van der Waals surface area contributed by atoms with Crippen molar-refractivity contribution in [2.75, 3.05) is 5.73 Å². The Balaban J connectivity index is 2.23. The van der Waals surface area contributed by atoms with Gasteiger partial charge >= 0.3 is 0 Å². The number of nitrogens with zero attached hydrogens (tertiary/aromatic N) is 3. The molecule has 3 heterocycles. The summed E-state index contributed by atoms with van der Waals surface area (Å²) in [5.41, 5.74) is 15.6. The molecule has 0 radical (unpaired) electrons. The van der Waals surface area contributed by atoms with Gasteiger partial charge in [-0.15, -0.1) is 0 Å². The molecule has 5 N–H and O–H groups in total. The average Bonchev–Trinajstić information content (AvgIpc) is 2.88. The van der Waals surface area contributed by atoms with E-state index >= 15 is 0 Å². The highest BCUT2D eigenvalue weighted by Crippen LogP contribution is 2.36. The number of pyridine rings is 2. The van der Waals surface area contributed by atoms with Crippen LogP contribution in [0.2, 0.25) is 0 Å². The van der Waals surface area contributed by atoms with Crippen LogP contribution >= 0.6 is 0 Å². The van der Waals surface area contributed by atoms with Crippen LogP contribution in [0, 0.1) is 13.8 Å². The van der Waals surface area contributed by atoms with E-state index in [2.05, 4.69) is 9.97 Å². The number of anilines is 1. The standard InChI is InChI=1S/C19H17N5O2/c1-9-3-4-14(25)10(2)16(9)24-17(20)15(18(21)26)12-7-11-8-22-6-5-13(11)23-19(12)24/h3-8,25H,20H2,1-2H3,(H2,21,26). The third-order valence-electron chi connectivity index (χ3n) is 4.65. The zero-order chi connectivity index (χ0) is 18.6. The number of rotatable bonds is 2. The molecule has 26 heavy (non-hydrogen) atoms. The van der Waals surface area contributed by atoms with Gasteiger partial charge in [0.05, 0.1) is 16.8 Å². The summed E-state index contributed by atoms with van der Waals surface area (Å²) in [5.74, 6) is -0.302. The smallest absolute Gasteiger partial charge is 0.253 e. The molecule has 7 heteroatoms. The maximum atomic E-state index is 12.1. The van der Waals surface area contributed by atoms with Gasteiger partial charge in [-0.2, -0.15) is 0 Å². The number of amides is 1. The Kier molecular flexibility index (Phi) is 3.33. The number of nitrogen functional groups attached to an aromatic ring is 1. The molecule has 1 aromatic carbocycles. The number of aryl methyl sites for hydroxylation is 1. The first-order chi connectivity index (χ1) is 12.4. The second kappa shape index (κ2) is 5.45. The minimum absolute atomic E-state index is 0.137. The molecule has 130 valence electrons. The summed E-state index contributed by atoms with van der Waals surface area (Å²) in [5, 5.41) is 11.5. The Labute approximate surface area is 148 Å². The van der Waals surface area contributed by atoms with Gasteiger partial charge in [-0.1, -0.05) is 6.07 Å². The third kappa shape index (κ3) is 2.10. The largest absolute Gasteiger partial charge is 0.508 e. The Morgan fingerprint density at radius 3 is 2.73 bits per heavy atom. The molecular formula is C19H17N5O2. The van der Waals surface area contributed by atoms with E-state index in [9.17, 15) is 9.90 Å². The highest BCUT2D eigenvalue weighted by atomic mass is 16.3. The predicted octanol–water partition coefficient (Wildman–Crippen LogP) is 2.58. The van der Waals surface area contributed by atoms with Gasteiger partial charge in [0.2, 0.25) is 0 Å². The van der Waals surface area contributed by atoms with Crippen molar-refractivity contribution < 1.29 is 9.90 Å². The normalized spacial score (nSPS) is 11.3. The van der Waals surface area contributed by atoms with Gasteiger partial charge in [-0.3, -0.25) is 14.3 Å². The Hall–Kier alpha value is -3.61. The quantitative estimate of drug-likeness (QED) is 0.515. The van der Waals surface area contributed by atoms with Crippen molar-refractivity contribution in [1.82, 2.24) is 14.5 Å². The van der Waals surface area contributed by atoms with Crippen molar-refractivity contribution in [3.63, 3.8) is 0 Å². The van der Waals surface area contributed by atoms with Gasteiger partial charge in [0.15, 0.2) is 0 Å². The van der Waals surface area contributed by atoms with Crippen LogP contribution in [0.4, 0.5) is 5.82 Å². The van der Waals surface area contributed by atoms with Crippen molar-refractivity contribution in [3.8, 4) is 11.4 Å². The second-order valence-corrected chi connectivity index (χ2v) is 6.26. The summed E-state index contributed by atoms with van der Waals surface area (Å²) in [6.45, 7) is 3.69. The van der Waals surface area contributed by atoms with Gasteiger partial charge < -0.3 is 16.6 Å². The van der Waals surface area contributed by atoms with E-state index < -0.39 is 5.91 Å². The topological polar surface area (TPSA) is 120 Å². The van der Waals surface area contributed by atoms with Crippen LogP contribution in [0.5, 0.6) is 5.75 Å². The van der Waals surface area contributed by atoms with Gasteiger partial charge in [0.25, 0.3) is 5.91 Å². The van der Waals surface area contributed by atoms with Crippen LogP contribution < -0.4 is 11.5 Å². The SMILES string of the molecule is Cc1ccc(O)c(C)c1-n1c(N)c(C(N)=O)c2cc3cnccc3nc21. The van der Waals surface area contributed by atoms with E-state index in [-0.39, 0.29) is 17.1 Å². The molecule has 0 aliphatic rings. The van der Waals surface area contributed by atoms with Gasteiger partial charge in [-0.05, 0) is 37.6 Å². The number of aromatic hydroxyl groups is 1. The van der Waals surface area contributed by atoms with Crippen molar-refractivity contribution >= 4 is 33.7 Å². The summed E-state index contributed by atoms with van der Waals surface area (Å²) in [4.78, 5) is 20.9. The molecule has 0 saturated carbocycles. The minimum atomic E-state index is -0.633. The first kappa shape index (κ1) is 15.9. The van der Waals surface area contributed by atoms with Crippen molar-refractivity contribution in [2.24, 2.45) is 5.73 Å². The zero-order valence-electron chi connectivity index (χ0n) is 14.3. The molecule has 4 aromatic rings. The maximum Gasteiger partial charge on any atom is 0.253 e. The van der Waals surface area contributed by atoms with Crippen LogP contribution in [0.3, 0.4) is 0 Å².